The van der Waals surface area contributed by atoms with Crippen molar-refractivity contribution in [3.63, 3.8) is 0 Å². The summed E-state index contributed by atoms with van der Waals surface area (Å²) in [6.45, 7) is 0.807. The van der Waals surface area contributed by atoms with Crippen molar-refractivity contribution in [2.75, 3.05) is 6.54 Å². The third-order valence-electron chi connectivity index (χ3n) is 3.83. The molecule has 4 heteroatoms. The van der Waals surface area contributed by atoms with Crippen LogP contribution in [0.25, 0.3) is 0 Å². The van der Waals surface area contributed by atoms with Crippen LogP contribution in [0.2, 0.25) is 0 Å². The molecule has 20 heavy (non-hydrogen) atoms. The molecule has 0 radical (unpaired) electrons. The standard InChI is InChI=1S/C16H18N2OS/c17-15(12-6-2-1-3-7-12)16(19)18-10-4-8-13(18)14-9-5-11-20-14/h1-3,5-7,9,11,13,15H,4,8,10,17H2/t13?,15-/m0/s1. The number of thiophene rings is 1. The lowest BCUT2D eigenvalue weighted by atomic mass is 10.1. The second-order valence-corrected chi connectivity index (χ2v) is 6.07. The van der Waals surface area contributed by atoms with Gasteiger partial charge in [0.15, 0.2) is 0 Å². The molecule has 2 atom stereocenters. The molecule has 1 saturated heterocycles. The lowest BCUT2D eigenvalue weighted by Gasteiger charge is -2.27. The Morgan fingerprint density at radius 2 is 2.05 bits per heavy atom. The zero-order valence-corrected chi connectivity index (χ0v) is 12.1. The first kappa shape index (κ1) is 13.3. The molecule has 0 aliphatic carbocycles. The molecule has 2 heterocycles. The smallest absolute Gasteiger partial charge is 0.244 e. The van der Waals surface area contributed by atoms with E-state index in [1.807, 2.05) is 41.3 Å². The molecule has 1 fully saturated rings. The molecule has 2 aromatic rings. The SMILES string of the molecule is N[C@H](C(=O)N1CCCC1c1cccs1)c1ccccc1. The minimum absolute atomic E-state index is 0.0344. The number of nitrogens with two attached hydrogens (primary N) is 1. The summed E-state index contributed by atoms with van der Waals surface area (Å²) in [6, 6.07) is 13.4. The zero-order valence-electron chi connectivity index (χ0n) is 11.2. The molecule has 1 aliphatic heterocycles. The average Bonchev–Trinajstić information content (AvgIpc) is 3.16. The Balaban J connectivity index is 1.79. The van der Waals surface area contributed by atoms with Gasteiger partial charge < -0.3 is 10.6 Å². The van der Waals surface area contributed by atoms with E-state index < -0.39 is 6.04 Å². The van der Waals surface area contributed by atoms with Gasteiger partial charge in [0.2, 0.25) is 5.91 Å². The summed E-state index contributed by atoms with van der Waals surface area (Å²) in [5.74, 6) is 0.0344. The first-order valence-electron chi connectivity index (χ1n) is 6.92. The lowest BCUT2D eigenvalue weighted by Crippen LogP contribution is -2.37. The van der Waals surface area contributed by atoms with Crippen molar-refractivity contribution < 1.29 is 4.79 Å². The van der Waals surface area contributed by atoms with E-state index >= 15 is 0 Å². The van der Waals surface area contributed by atoms with Gasteiger partial charge in [0.1, 0.15) is 6.04 Å². The normalized spacial score (nSPS) is 20.1. The van der Waals surface area contributed by atoms with Crippen molar-refractivity contribution in [3.05, 3.63) is 58.3 Å². The Kier molecular flexibility index (Phi) is 3.85. The van der Waals surface area contributed by atoms with E-state index in [0.717, 1.165) is 24.9 Å². The maximum atomic E-state index is 12.7. The van der Waals surface area contributed by atoms with E-state index in [4.69, 9.17) is 5.73 Å². The van der Waals surface area contributed by atoms with Gasteiger partial charge in [0, 0.05) is 11.4 Å². The fraction of sp³-hybridized carbons (Fsp3) is 0.312. The number of benzene rings is 1. The van der Waals surface area contributed by atoms with Gasteiger partial charge in [0.05, 0.1) is 6.04 Å². The molecular weight excluding hydrogens is 268 g/mol. The van der Waals surface area contributed by atoms with Gasteiger partial charge in [-0.25, -0.2) is 0 Å². The average molecular weight is 286 g/mol. The Bertz CT molecular complexity index is 567. The van der Waals surface area contributed by atoms with Crippen LogP contribution in [-0.4, -0.2) is 17.4 Å². The number of hydrogen-bond donors (Lipinski definition) is 1. The number of nitrogens with zero attached hydrogens (tertiary/aromatic N) is 1. The Morgan fingerprint density at radius 3 is 2.75 bits per heavy atom. The van der Waals surface area contributed by atoms with Crippen molar-refractivity contribution in [1.82, 2.24) is 4.90 Å². The van der Waals surface area contributed by atoms with E-state index in [-0.39, 0.29) is 11.9 Å². The predicted octanol–water partition coefficient (Wildman–Crippen LogP) is 3.11. The van der Waals surface area contributed by atoms with Crippen LogP contribution >= 0.6 is 11.3 Å². The molecule has 1 amide bonds. The van der Waals surface area contributed by atoms with Gasteiger partial charge in [-0.1, -0.05) is 36.4 Å². The largest absolute Gasteiger partial charge is 0.333 e. The van der Waals surface area contributed by atoms with Gasteiger partial charge in [0.25, 0.3) is 0 Å². The summed E-state index contributed by atoms with van der Waals surface area (Å²) in [5, 5.41) is 2.06. The third-order valence-corrected chi connectivity index (χ3v) is 4.81. The number of carbonyl (C=O) groups is 1. The molecule has 104 valence electrons. The van der Waals surface area contributed by atoms with Crippen molar-refractivity contribution in [2.24, 2.45) is 5.73 Å². The summed E-state index contributed by atoms with van der Waals surface area (Å²) in [4.78, 5) is 15.9. The Labute approximate surface area is 123 Å². The van der Waals surface area contributed by atoms with Crippen molar-refractivity contribution in [3.8, 4) is 0 Å². The molecular formula is C16H18N2OS. The molecule has 0 saturated carbocycles. The van der Waals surface area contributed by atoms with Gasteiger partial charge in [-0.3, -0.25) is 4.79 Å². The summed E-state index contributed by atoms with van der Waals surface area (Å²) < 4.78 is 0. The lowest BCUT2D eigenvalue weighted by molar-refractivity contribution is -0.133. The fourth-order valence-corrected chi connectivity index (χ4v) is 3.66. The summed E-state index contributed by atoms with van der Waals surface area (Å²) in [7, 11) is 0. The highest BCUT2D eigenvalue weighted by Crippen LogP contribution is 2.35. The van der Waals surface area contributed by atoms with Gasteiger partial charge in [-0.05, 0) is 29.9 Å². The summed E-state index contributed by atoms with van der Waals surface area (Å²) in [6.07, 6.45) is 2.09. The van der Waals surface area contributed by atoms with Crippen LogP contribution in [0, 0.1) is 0 Å². The number of likely N-dealkylation sites (tertiary alicyclic amines) is 1. The predicted molar refractivity (Wildman–Crippen MR) is 81.4 cm³/mol. The second kappa shape index (κ2) is 5.77. The van der Waals surface area contributed by atoms with Crippen LogP contribution in [-0.2, 0) is 4.79 Å². The summed E-state index contributed by atoms with van der Waals surface area (Å²) in [5.41, 5.74) is 7.03. The third kappa shape index (κ3) is 2.49. The number of rotatable bonds is 3. The highest BCUT2D eigenvalue weighted by Gasteiger charge is 2.33. The first-order chi connectivity index (χ1) is 9.77. The summed E-state index contributed by atoms with van der Waals surface area (Å²) >= 11 is 1.71. The van der Waals surface area contributed by atoms with Crippen molar-refractivity contribution >= 4 is 17.2 Å². The maximum absolute atomic E-state index is 12.7. The fourth-order valence-electron chi connectivity index (χ4n) is 2.79. The molecule has 0 spiro atoms. The van der Waals surface area contributed by atoms with E-state index in [0.29, 0.717) is 0 Å². The zero-order chi connectivity index (χ0) is 13.9. The molecule has 3 nitrogen and oxygen atoms in total. The number of amides is 1. The topological polar surface area (TPSA) is 46.3 Å². The van der Waals surface area contributed by atoms with E-state index in [1.165, 1.54) is 4.88 Å². The Hall–Kier alpha value is -1.65. The van der Waals surface area contributed by atoms with E-state index in [9.17, 15) is 4.79 Å². The van der Waals surface area contributed by atoms with E-state index in [1.54, 1.807) is 11.3 Å². The molecule has 3 rings (SSSR count). The van der Waals surface area contributed by atoms with Crippen LogP contribution < -0.4 is 5.73 Å². The van der Waals surface area contributed by atoms with Crippen molar-refractivity contribution in [2.45, 2.75) is 24.9 Å². The van der Waals surface area contributed by atoms with Crippen LogP contribution in [0.5, 0.6) is 0 Å². The minimum Gasteiger partial charge on any atom is -0.333 e. The highest BCUT2D eigenvalue weighted by molar-refractivity contribution is 7.10. The maximum Gasteiger partial charge on any atom is 0.244 e. The van der Waals surface area contributed by atoms with Crippen LogP contribution in [0.3, 0.4) is 0 Å². The molecule has 1 aliphatic rings. The van der Waals surface area contributed by atoms with E-state index in [2.05, 4.69) is 11.4 Å². The van der Waals surface area contributed by atoms with Gasteiger partial charge in [-0.15, -0.1) is 11.3 Å². The first-order valence-corrected chi connectivity index (χ1v) is 7.80. The molecule has 1 unspecified atom stereocenters. The van der Waals surface area contributed by atoms with Crippen LogP contribution in [0.1, 0.15) is 35.4 Å². The highest BCUT2D eigenvalue weighted by atomic mass is 32.1. The molecule has 2 N–H and O–H groups in total. The number of carbonyl (C=O) groups excluding carboxylic acids is 1. The quantitative estimate of drug-likeness (QED) is 0.942. The minimum atomic E-state index is -0.559. The monoisotopic (exact) mass is 286 g/mol. The van der Waals surface area contributed by atoms with Crippen LogP contribution in [0.4, 0.5) is 0 Å². The molecule has 1 aromatic carbocycles. The van der Waals surface area contributed by atoms with Crippen LogP contribution in [0.15, 0.2) is 47.8 Å². The van der Waals surface area contributed by atoms with Crippen molar-refractivity contribution in [1.29, 1.82) is 0 Å². The van der Waals surface area contributed by atoms with Gasteiger partial charge >= 0.3 is 0 Å². The van der Waals surface area contributed by atoms with Gasteiger partial charge in [-0.2, -0.15) is 0 Å². The molecule has 0 bridgehead atoms. The second-order valence-electron chi connectivity index (χ2n) is 5.09. The molecule has 1 aromatic heterocycles. The Morgan fingerprint density at radius 1 is 1.25 bits per heavy atom. The number of hydrogen-bond acceptors (Lipinski definition) is 3.